The second-order valence-electron chi connectivity index (χ2n) is 7.85. The van der Waals surface area contributed by atoms with E-state index in [1.54, 1.807) is 12.4 Å². The molecule has 0 radical (unpaired) electrons. The van der Waals surface area contributed by atoms with Gasteiger partial charge in [-0.2, -0.15) is 0 Å². The number of carbonyl (C=O) groups is 1. The molecule has 0 N–H and O–H groups in total. The van der Waals surface area contributed by atoms with Crippen molar-refractivity contribution in [2.75, 3.05) is 13.1 Å². The highest BCUT2D eigenvalue weighted by Crippen LogP contribution is 2.36. The molecule has 0 aliphatic carbocycles. The van der Waals surface area contributed by atoms with E-state index in [-0.39, 0.29) is 29.1 Å². The molecule has 2 aliphatic heterocycles. The minimum atomic E-state index is -0.352. The van der Waals surface area contributed by atoms with Gasteiger partial charge in [0.15, 0.2) is 0 Å². The lowest BCUT2D eigenvalue weighted by Crippen LogP contribution is -2.49. The van der Waals surface area contributed by atoms with Crippen LogP contribution >= 0.6 is 0 Å². The molecule has 146 valence electrons. The zero-order chi connectivity index (χ0) is 20.0. The monoisotopic (exact) mass is 389 g/mol. The molecule has 0 spiro atoms. The van der Waals surface area contributed by atoms with Crippen LogP contribution in [0.1, 0.15) is 28.4 Å². The molecule has 2 bridgehead atoms. The van der Waals surface area contributed by atoms with Gasteiger partial charge in [-0.25, -0.2) is 4.39 Å². The van der Waals surface area contributed by atoms with Crippen molar-refractivity contribution in [3.05, 3.63) is 88.4 Å². The van der Waals surface area contributed by atoms with Gasteiger partial charge in [-0.1, -0.05) is 6.07 Å². The number of rotatable bonds is 2. The number of benzene rings is 1. The Balaban J connectivity index is 1.45. The summed E-state index contributed by atoms with van der Waals surface area (Å²) in [5, 5.41) is 0. The van der Waals surface area contributed by atoms with E-state index in [1.165, 1.54) is 24.3 Å². The first-order valence-electron chi connectivity index (χ1n) is 9.79. The molecule has 5 rings (SSSR count). The zero-order valence-electron chi connectivity index (χ0n) is 15.8. The van der Waals surface area contributed by atoms with Crippen LogP contribution in [0.25, 0.3) is 11.1 Å². The van der Waals surface area contributed by atoms with Crippen LogP contribution in [0.4, 0.5) is 4.39 Å². The molecule has 2 atom stereocenters. The maximum Gasteiger partial charge on any atom is 0.258 e. The fourth-order valence-corrected chi connectivity index (χ4v) is 4.63. The van der Waals surface area contributed by atoms with Gasteiger partial charge in [-0.3, -0.25) is 14.6 Å². The molecule has 6 heteroatoms. The Morgan fingerprint density at radius 1 is 1.03 bits per heavy atom. The van der Waals surface area contributed by atoms with E-state index in [0.29, 0.717) is 30.8 Å². The summed E-state index contributed by atoms with van der Waals surface area (Å²) in [6, 6.07) is 13.3. The molecule has 29 heavy (non-hydrogen) atoms. The lowest BCUT2D eigenvalue weighted by atomic mass is 9.82. The zero-order valence-corrected chi connectivity index (χ0v) is 15.8. The van der Waals surface area contributed by atoms with E-state index < -0.39 is 0 Å². The van der Waals surface area contributed by atoms with Crippen LogP contribution in [-0.4, -0.2) is 33.4 Å². The van der Waals surface area contributed by atoms with E-state index >= 15 is 0 Å². The third-order valence-electron chi connectivity index (χ3n) is 5.96. The minimum absolute atomic E-state index is 0.00325. The first-order chi connectivity index (χ1) is 14.1. The number of nitrogens with zero attached hydrogens (tertiary/aromatic N) is 3. The van der Waals surface area contributed by atoms with Crippen LogP contribution in [0.5, 0.6) is 0 Å². The predicted molar refractivity (Wildman–Crippen MR) is 107 cm³/mol. The molecule has 1 fully saturated rings. The van der Waals surface area contributed by atoms with Gasteiger partial charge in [-0.15, -0.1) is 0 Å². The van der Waals surface area contributed by atoms with E-state index in [0.717, 1.165) is 17.7 Å². The molecule has 2 aromatic heterocycles. The van der Waals surface area contributed by atoms with E-state index in [9.17, 15) is 14.0 Å². The number of fused-ring (bicyclic) bond motifs is 4. The van der Waals surface area contributed by atoms with Gasteiger partial charge >= 0.3 is 0 Å². The van der Waals surface area contributed by atoms with Crippen LogP contribution in [0.15, 0.2) is 65.7 Å². The Morgan fingerprint density at radius 2 is 1.86 bits per heavy atom. The lowest BCUT2D eigenvalue weighted by Gasteiger charge is -2.43. The number of likely N-dealkylation sites (tertiary alicyclic amines) is 1. The molecule has 1 saturated heterocycles. The van der Waals surface area contributed by atoms with Crippen LogP contribution in [0, 0.1) is 11.7 Å². The number of pyridine rings is 2. The second-order valence-corrected chi connectivity index (χ2v) is 7.85. The summed E-state index contributed by atoms with van der Waals surface area (Å²) < 4.78 is 15.1. The van der Waals surface area contributed by atoms with E-state index in [4.69, 9.17) is 0 Å². The van der Waals surface area contributed by atoms with Crippen LogP contribution in [0.2, 0.25) is 0 Å². The van der Waals surface area contributed by atoms with Crippen LogP contribution in [-0.2, 0) is 6.54 Å². The van der Waals surface area contributed by atoms with Crippen molar-refractivity contribution in [2.45, 2.75) is 18.9 Å². The summed E-state index contributed by atoms with van der Waals surface area (Å²) in [5.41, 5.74) is 2.95. The average molecular weight is 389 g/mol. The van der Waals surface area contributed by atoms with Gasteiger partial charge in [0.25, 0.3) is 11.5 Å². The van der Waals surface area contributed by atoms with Crippen molar-refractivity contribution in [3.8, 4) is 11.1 Å². The average Bonchev–Trinajstić information content (AvgIpc) is 2.75. The third-order valence-corrected chi connectivity index (χ3v) is 5.96. The van der Waals surface area contributed by atoms with Gasteiger partial charge in [0.1, 0.15) is 5.82 Å². The molecule has 2 unspecified atom stereocenters. The van der Waals surface area contributed by atoms with Crippen molar-refractivity contribution in [1.82, 2.24) is 14.5 Å². The molecule has 0 saturated carbocycles. The number of piperidine rings is 1. The Kier molecular flexibility index (Phi) is 4.27. The molecular formula is C23H20FN3O2. The van der Waals surface area contributed by atoms with Crippen molar-refractivity contribution in [2.24, 2.45) is 5.92 Å². The van der Waals surface area contributed by atoms with E-state index in [1.807, 2.05) is 33.7 Å². The molecular weight excluding hydrogens is 369 g/mol. The summed E-state index contributed by atoms with van der Waals surface area (Å²) in [5.74, 6) is -0.0766. The lowest BCUT2D eigenvalue weighted by molar-refractivity contribution is 0.0594. The summed E-state index contributed by atoms with van der Waals surface area (Å²) in [7, 11) is 0. The highest BCUT2D eigenvalue weighted by Gasteiger charge is 2.37. The molecule has 3 aromatic rings. The van der Waals surface area contributed by atoms with Crippen molar-refractivity contribution in [3.63, 3.8) is 0 Å². The smallest absolute Gasteiger partial charge is 0.258 e. The largest absolute Gasteiger partial charge is 0.338 e. The number of amides is 1. The maximum atomic E-state index is 13.2. The molecule has 1 amide bonds. The van der Waals surface area contributed by atoms with Crippen LogP contribution < -0.4 is 5.56 Å². The van der Waals surface area contributed by atoms with Crippen LogP contribution in [0.3, 0.4) is 0 Å². The molecule has 5 nitrogen and oxygen atoms in total. The number of carbonyl (C=O) groups excluding carboxylic acids is 1. The Hall–Kier alpha value is -3.28. The third kappa shape index (κ3) is 3.14. The Labute approximate surface area is 167 Å². The SMILES string of the molecule is O=C(c1ccc(F)cc1)N1CC2CC(C1)c1ccc(-c3cccnc3)c(=O)n1C2. The minimum Gasteiger partial charge on any atom is -0.338 e. The standard InChI is InChI=1S/C23H20FN3O2/c24-19-5-3-16(4-6-19)22(28)26-12-15-10-18(14-26)21-8-7-20(23(29)27(21)13-15)17-2-1-9-25-11-17/h1-9,11,15,18H,10,12-14H2. The Morgan fingerprint density at radius 3 is 2.62 bits per heavy atom. The van der Waals surface area contributed by atoms with E-state index in [2.05, 4.69) is 4.98 Å². The maximum absolute atomic E-state index is 13.2. The van der Waals surface area contributed by atoms with Crippen molar-refractivity contribution in [1.29, 1.82) is 0 Å². The first kappa shape index (κ1) is 17.8. The second kappa shape index (κ2) is 6.95. The summed E-state index contributed by atoms with van der Waals surface area (Å²) in [6.45, 7) is 1.78. The van der Waals surface area contributed by atoms with Gasteiger partial charge in [-0.05, 0) is 54.8 Å². The van der Waals surface area contributed by atoms with Gasteiger partial charge in [0, 0.05) is 60.3 Å². The number of halogens is 1. The fraction of sp³-hybridized carbons (Fsp3) is 0.261. The molecule has 2 aliphatic rings. The van der Waals surface area contributed by atoms with Gasteiger partial charge in [0.2, 0.25) is 0 Å². The van der Waals surface area contributed by atoms with Crippen molar-refractivity contribution >= 4 is 5.91 Å². The highest BCUT2D eigenvalue weighted by atomic mass is 19.1. The normalized spacial score (nSPS) is 20.2. The molecule has 1 aromatic carbocycles. The summed E-state index contributed by atoms with van der Waals surface area (Å²) in [4.78, 5) is 32.0. The number of aromatic nitrogens is 2. The summed E-state index contributed by atoms with van der Waals surface area (Å²) in [6.07, 6.45) is 4.37. The quantitative estimate of drug-likeness (QED) is 0.676. The van der Waals surface area contributed by atoms with Gasteiger partial charge in [0.05, 0.1) is 0 Å². The van der Waals surface area contributed by atoms with Crippen molar-refractivity contribution < 1.29 is 9.18 Å². The number of hydrogen-bond acceptors (Lipinski definition) is 3. The van der Waals surface area contributed by atoms with Gasteiger partial charge < -0.3 is 9.47 Å². The summed E-state index contributed by atoms with van der Waals surface area (Å²) >= 11 is 0. The molecule has 4 heterocycles. The highest BCUT2D eigenvalue weighted by molar-refractivity contribution is 5.94. The predicted octanol–water partition coefficient (Wildman–Crippen LogP) is 3.31. The Bertz CT molecular complexity index is 1130. The fourth-order valence-electron chi connectivity index (χ4n) is 4.63. The first-order valence-corrected chi connectivity index (χ1v) is 9.79. The number of hydrogen-bond donors (Lipinski definition) is 0. The topological polar surface area (TPSA) is 55.2 Å².